The van der Waals surface area contributed by atoms with E-state index in [1.54, 1.807) is 20.3 Å². The lowest BCUT2D eigenvalue weighted by molar-refractivity contribution is -0.135. The van der Waals surface area contributed by atoms with Crippen molar-refractivity contribution in [2.75, 3.05) is 40.4 Å². The van der Waals surface area contributed by atoms with Gasteiger partial charge in [0.1, 0.15) is 0 Å². The van der Waals surface area contributed by atoms with Gasteiger partial charge in [-0.05, 0) is 60.4 Å². The second kappa shape index (κ2) is 8.45. The first-order valence-corrected chi connectivity index (χ1v) is 10.1. The lowest BCUT2D eigenvalue weighted by Crippen LogP contribution is -2.43. The normalized spacial score (nSPS) is 18.1. The van der Waals surface area contributed by atoms with Crippen molar-refractivity contribution in [1.29, 1.82) is 0 Å². The Kier molecular flexibility index (Phi) is 6.26. The zero-order valence-corrected chi connectivity index (χ0v) is 17.5. The molecule has 2 saturated heterocycles. The SMILES string of the molecule is COc1cc(I)c(C(=O)N2CCC(C(=O)N3CCCC3)CC2)cc1OC. The number of ether oxygens (including phenoxy) is 2. The Hall–Kier alpha value is -1.51. The fraction of sp³-hybridized carbons (Fsp3) is 0.579. The first kappa shape index (κ1) is 19.3. The summed E-state index contributed by atoms with van der Waals surface area (Å²) in [6, 6.07) is 3.56. The maximum atomic E-state index is 13.0. The number of halogens is 1. The van der Waals surface area contributed by atoms with Crippen LogP contribution in [0.5, 0.6) is 11.5 Å². The number of amides is 2. The van der Waals surface area contributed by atoms with E-state index < -0.39 is 0 Å². The predicted octanol–water partition coefficient (Wildman–Crippen LogP) is 2.78. The van der Waals surface area contributed by atoms with Crippen LogP contribution in [0.15, 0.2) is 12.1 Å². The number of hydrogen-bond acceptors (Lipinski definition) is 4. The molecule has 3 rings (SSSR count). The van der Waals surface area contributed by atoms with E-state index in [2.05, 4.69) is 22.6 Å². The van der Waals surface area contributed by atoms with Crippen LogP contribution in [-0.4, -0.2) is 62.0 Å². The Morgan fingerprint density at radius 3 is 2.12 bits per heavy atom. The van der Waals surface area contributed by atoms with E-state index in [4.69, 9.17) is 9.47 Å². The Labute approximate surface area is 167 Å². The Balaban J connectivity index is 1.66. The molecule has 0 atom stereocenters. The quantitative estimate of drug-likeness (QED) is 0.633. The molecule has 0 N–H and O–H groups in total. The summed E-state index contributed by atoms with van der Waals surface area (Å²) in [6.07, 6.45) is 3.71. The predicted molar refractivity (Wildman–Crippen MR) is 107 cm³/mol. The molecule has 2 aliphatic heterocycles. The topological polar surface area (TPSA) is 59.1 Å². The van der Waals surface area contributed by atoms with E-state index in [-0.39, 0.29) is 17.7 Å². The third-order valence-corrected chi connectivity index (χ3v) is 6.15. The third-order valence-electron chi connectivity index (χ3n) is 5.25. The summed E-state index contributed by atoms with van der Waals surface area (Å²) in [5.74, 6) is 1.48. The highest BCUT2D eigenvalue weighted by Gasteiger charge is 2.32. The summed E-state index contributed by atoms with van der Waals surface area (Å²) in [5, 5.41) is 0. The molecule has 6 nitrogen and oxygen atoms in total. The zero-order chi connectivity index (χ0) is 18.7. The van der Waals surface area contributed by atoms with Gasteiger partial charge in [0.2, 0.25) is 5.91 Å². The molecule has 0 bridgehead atoms. The Morgan fingerprint density at radius 2 is 1.54 bits per heavy atom. The van der Waals surface area contributed by atoms with E-state index >= 15 is 0 Å². The maximum absolute atomic E-state index is 13.0. The molecule has 26 heavy (non-hydrogen) atoms. The molecule has 142 valence electrons. The molecule has 0 saturated carbocycles. The molecule has 0 spiro atoms. The van der Waals surface area contributed by atoms with Crippen LogP contribution in [-0.2, 0) is 4.79 Å². The van der Waals surface area contributed by atoms with Crippen LogP contribution in [0.1, 0.15) is 36.0 Å². The Bertz CT molecular complexity index is 680. The van der Waals surface area contributed by atoms with Gasteiger partial charge >= 0.3 is 0 Å². The van der Waals surface area contributed by atoms with Gasteiger partial charge in [0.15, 0.2) is 11.5 Å². The molecule has 7 heteroatoms. The smallest absolute Gasteiger partial charge is 0.255 e. The fourth-order valence-corrected chi connectivity index (χ4v) is 4.38. The lowest BCUT2D eigenvalue weighted by atomic mass is 9.95. The standard InChI is InChI=1S/C19H25IN2O4/c1-25-16-11-14(15(20)12-17(16)26-2)19(24)22-9-5-13(6-10-22)18(23)21-7-3-4-8-21/h11-13H,3-10H2,1-2H3. The molecule has 2 aliphatic rings. The summed E-state index contributed by atoms with van der Waals surface area (Å²) >= 11 is 2.15. The van der Waals surface area contributed by atoms with Crippen molar-refractivity contribution in [3.63, 3.8) is 0 Å². The second-order valence-corrected chi connectivity index (χ2v) is 7.95. The van der Waals surface area contributed by atoms with Crippen molar-refractivity contribution < 1.29 is 19.1 Å². The number of piperidine rings is 1. The van der Waals surface area contributed by atoms with Gasteiger partial charge in [-0.15, -0.1) is 0 Å². The van der Waals surface area contributed by atoms with Gasteiger partial charge in [-0.25, -0.2) is 0 Å². The molecule has 0 radical (unpaired) electrons. The van der Waals surface area contributed by atoms with Crippen molar-refractivity contribution in [2.45, 2.75) is 25.7 Å². The second-order valence-electron chi connectivity index (χ2n) is 6.79. The maximum Gasteiger partial charge on any atom is 0.255 e. The number of likely N-dealkylation sites (tertiary alicyclic amines) is 2. The molecule has 2 heterocycles. The van der Waals surface area contributed by atoms with Gasteiger partial charge in [0.25, 0.3) is 5.91 Å². The van der Waals surface area contributed by atoms with Crippen LogP contribution >= 0.6 is 22.6 Å². The Morgan fingerprint density at radius 1 is 0.962 bits per heavy atom. The summed E-state index contributed by atoms with van der Waals surface area (Å²) in [5.41, 5.74) is 0.618. The summed E-state index contributed by atoms with van der Waals surface area (Å²) < 4.78 is 11.4. The van der Waals surface area contributed by atoms with Crippen LogP contribution in [0.3, 0.4) is 0 Å². The number of carbonyl (C=O) groups is 2. The van der Waals surface area contributed by atoms with Crippen molar-refractivity contribution in [1.82, 2.24) is 9.80 Å². The van der Waals surface area contributed by atoms with Gasteiger partial charge in [-0.3, -0.25) is 9.59 Å². The van der Waals surface area contributed by atoms with Crippen molar-refractivity contribution >= 4 is 34.4 Å². The van der Waals surface area contributed by atoms with Crippen molar-refractivity contribution in [3.05, 3.63) is 21.3 Å². The van der Waals surface area contributed by atoms with Crippen LogP contribution in [0, 0.1) is 9.49 Å². The average molecular weight is 472 g/mol. The molecular weight excluding hydrogens is 447 g/mol. The largest absolute Gasteiger partial charge is 0.493 e. The summed E-state index contributed by atoms with van der Waals surface area (Å²) in [4.78, 5) is 29.3. The third kappa shape index (κ3) is 3.92. The van der Waals surface area contributed by atoms with Crippen LogP contribution in [0.2, 0.25) is 0 Å². The minimum Gasteiger partial charge on any atom is -0.493 e. The average Bonchev–Trinajstić information content (AvgIpc) is 3.21. The number of carbonyl (C=O) groups excluding carboxylic acids is 2. The molecule has 0 aromatic heterocycles. The monoisotopic (exact) mass is 472 g/mol. The minimum absolute atomic E-state index is 0.0116. The molecule has 2 amide bonds. The fourth-order valence-electron chi connectivity index (χ4n) is 3.71. The van der Waals surface area contributed by atoms with Gasteiger partial charge in [-0.2, -0.15) is 0 Å². The highest BCUT2D eigenvalue weighted by atomic mass is 127. The molecule has 1 aromatic carbocycles. The van der Waals surface area contributed by atoms with E-state index in [1.807, 2.05) is 15.9 Å². The van der Waals surface area contributed by atoms with E-state index in [0.717, 1.165) is 42.3 Å². The molecule has 0 aliphatic carbocycles. The van der Waals surface area contributed by atoms with Gasteiger partial charge in [-0.1, -0.05) is 0 Å². The van der Waals surface area contributed by atoms with Crippen LogP contribution in [0.25, 0.3) is 0 Å². The number of benzene rings is 1. The first-order chi connectivity index (χ1) is 12.5. The zero-order valence-electron chi connectivity index (χ0n) is 15.3. The molecular formula is C19H25IN2O4. The number of methoxy groups -OCH3 is 2. The highest BCUT2D eigenvalue weighted by molar-refractivity contribution is 14.1. The first-order valence-electron chi connectivity index (χ1n) is 9.04. The van der Waals surface area contributed by atoms with E-state index in [0.29, 0.717) is 30.2 Å². The number of rotatable bonds is 4. The number of hydrogen-bond donors (Lipinski definition) is 0. The van der Waals surface area contributed by atoms with Gasteiger partial charge < -0.3 is 19.3 Å². The number of nitrogens with zero attached hydrogens (tertiary/aromatic N) is 2. The highest BCUT2D eigenvalue weighted by Crippen LogP contribution is 2.32. The van der Waals surface area contributed by atoms with Crippen molar-refractivity contribution in [2.24, 2.45) is 5.92 Å². The molecule has 0 unspecified atom stereocenters. The van der Waals surface area contributed by atoms with E-state index in [9.17, 15) is 9.59 Å². The summed E-state index contributed by atoms with van der Waals surface area (Å²) in [7, 11) is 3.14. The van der Waals surface area contributed by atoms with Crippen molar-refractivity contribution in [3.8, 4) is 11.5 Å². The van der Waals surface area contributed by atoms with Crippen LogP contribution in [0.4, 0.5) is 0 Å². The minimum atomic E-state index is -0.0116. The molecule has 1 aromatic rings. The van der Waals surface area contributed by atoms with Gasteiger partial charge in [0, 0.05) is 35.7 Å². The lowest BCUT2D eigenvalue weighted by Gasteiger charge is -2.33. The summed E-state index contributed by atoms with van der Waals surface area (Å²) in [6.45, 7) is 3.02. The van der Waals surface area contributed by atoms with Crippen LogP contribution < -0.4 is 9.47 Å². The van der Waals surface area contributed by atoms with Gasteiger partial charge in [0.05, 0.1) is 19.8 Å². The molecule has 2 fully saturated rings. The van der Waals surface area contributed by atoms with E-state index in [1.165, 1.54) is 0 Å².